The average molecular weight is 1220 g/mol. The van der Waals surface area contributed by atoms with Gasteiger partial charge in [-0.2, -0.15) is 0 Å². The number of amides is 1. The van der Waals surface area contributed by atoms with Crippen molar-refractivity contribution in [3.8, 4) is 0 Å². The Kier molecular flexibility index (Phi) is 43.1. The first kappa shape index (κ1) is 76.7. The van der Waals surface area contributed by atoms with Gasteiger partial charge in [0.05, 0.1) is 38.6 Å². The molecule has 0 aromatic rings. The molecule has 0 aliphatic carbocycles. The van der Waals surface area contributed by atoms with Crippen LogP contribution in [0.15, 0.2) is 109 Å². The third kappa shape index (κ3) is 30.8. The van der Waals surface area contributed by atoms with Crippen LogP contribution in [0, 0.1) is 0 Å². The maximum Gasteiger partial charge on any atom is 0.220 e. The predicted molar refractivity (Wildman–Crippen MR) is 332 cm³/mol. The SMILES string of the molecule is CC/C=C\C/C=C\C/C=C\C/C=C\C/C=C\C/C=C\C/C=C\CCCCCCCCCCCCCC(=O)NC(COC1OC(CO)C(OC2OC(CO)C(OC3OC(CO)C(O)C(O)C3O)C(O)C2O)C(O)C1O)C(O)/C=C/CC/C=C/CCCC. The van der Waals surface area contributed by atoms with Gasteiger partial charge in [-0.25, -0.2) is 0 Å². The maximum absolute atomic E-state index is 13.3. The first-order valence-electron chi connectivity index (χ1n) is 32.1. The number of ether oxygens (including phenoxy) is 6. The number of nitrogens with one attached hydrogen (secondary N) is 1. The van der Waals surface area contributed by atoms with E-state index in [0.29, 0.717) is 12.8 Å². The van der Waals surface area contributed by atoms with Gasteiger partial charge in [-0.15, -0.1) is 0 Å². The Bertz CT molecular complexity index is 1990. The Morgan fingerprint density at radius 2 is 0.814 bits per heavy atom. The van der Waals surface area contributed by atoms with Crippen molar-refractivity contribution in [2.24, 2.45) is 0 Å². The maximum atomic E-state index is 13.3. The van der Waals surface area contributed by atoms with Crippen LogP contribution >= 0.6 is 0 Å². The number of carbonyl (C=O) groups excluding carboxylic acids is 1. The zero-order valence-corrected chi connectivity index (χ0v) is 51.5. The molecule has 0 radical (unpaired) electrons. The van der Waals surface area contributed by atoms with Gasteiger partial charge < -0.3 is 89.9 Å². The predicted octanol–water partition coefficient (Wildman–Crippen LogP) is 7.10. The molecule has 0 aromatic carbocycles. The van der Waals surface area contributed by atoms with E-state index in [1.807, 2.05) is 6.08 Å². The normalized spacial score (nSPS) is 29.5. The first-order valence-corrected chi connectivity index (χ1v) is 32.1. The van der Waals surface area contributed by atoms with Gasteiger partial charge in [0.1, 0.15) is 73.2 Å². The van der Waals surface area contributed by atoms with Gasteiger partial charge >= 0.3 is 0 Å². The van der Waals surface area contributed by atoms with Crippen molar-refractivity contribution in [2.75, 3.05) is 26.4 Å². The number of aliphatic hydroxyl groups excluding tert-OH is 11. The van der Waals surface area contributed by atoms with Gasteiger partial charge in [0, 0.05) is 6.42 Å². The standard InChI is InChI=1S/C67H111NO18/c1-3-5-7-9-11-13-14-15-16-17-18-19-20-21-22-23-24-25-26-27-28-29-30-31-32-33-34-35-36-37-39-41-43-45-55(73)68-50(51(72)44-42-40-38-12-10-8-6-4-2)49-81-65-61(79)58(76)63(53(47-70)83-65)86-67-62(80)59(77)64(54(48-71)84-67)85-66-60(78)57(75)56(74)52(46-69)82-66/h5,7,10-13,15-16,18-19,21-22,24-25,27-28,42,44,50-54,56-67,69-72,74-80H,3-4,6,8-9,14,17,20,23,26,29-41,43,45-49H2,1-2H3,(H,68,73)/b7-5-,12-10+,13-11-,16-15-,19-18-,22-21-,25-24-,28-27-,44-42+. The molecule has 12 N–H and O–H groups in total. The van der Waals surface area contributed by atoms with Crippen LogP contribution in [0.4, 0.5) is 0 Å². The summed E-state index contributed by atoms with van der Waals surface area (Å²) in [6.07, 6.45) is 36.9. The topological polar surface area (TPSA) is 307 Å². The highest BCUT2D eigenvalue weighted by Crippen LogP contribution is 2.33. The number of allylic oxidation sites excluding steroid dienone is 17. The zero-order valence-electron chi connectivity index (χ0n) is 51.5. The van der Waals surface area contributed by atoms with Crippen molar-refractivity contribution in [1.82, 2.24) is 5.32 Å². The summed E-state index contributed by atoms with van der Waals surface area (Å²) in [5.74, 6) is -0.299. The molecule has 86 heavy (non-hydrogen) atoms. The van der Waals surface area contributed by atoms with Gasteiger partial charge in [0.15, 0.2) is 18.9 Å². The van der Waals surface area contributed by atoms with Crippen LogP contribution in [0.25, 0.3) is 0 Å². The quantitative estimate of drug-likeness (QED) is 0.0214. The molecule has 17 unspecified atom stereocenters. The van der Waals surface area contributed by atoms with Crippen LogP contribution in [-0.4, -0.2) is 193 Å². The molecule has 0 aromatic heterocycles. The monoisotopic (exact) mass is 1220 g/mol. The van der Waals surface area contributed by atoms with Crippen LogP contribution in [0.3, 0.4) is 0 Å². The van der Waals surface area contributed by atoms with E-state index in [9.17, 15) is 61.0 Å². The Morgan fingerprint density at radius 3 is 1.30 bits per heavy atom. The van der Waals surface area contributed by atoms with Crippen molar-refractivity contribution in [3.05, 3.63) is 109 Å². The molecule has 1 amide bonds. The number of unbranched alkanes of at least 4 members (excludes halogenated alkanes) is 14. The lowest BCUT2D eigenvalue weighted by molar-refractivity contribution is -0.379. The Morgan fingerprint density at radius 1 is 0.430 bits per heavy atom. The average Bonchev–Trinajstić information content (AvgIpc) is 3.55. The van der Waals surface area contributed by atoms with Crippen LogP contribution in [0.5, 0.6) is 0 Å². The lowest BCUT2D eigenvalue weighted by Crippen LogP contribution is -2.66. The van der Waals surface area contributed by atoms with Gasteiger partial charge in [-0.05, 0) is 83.5 Å². The minimum Gasteiger partial charge on any atom is -0.394 e. The summed E-state index contributed by atoms with van der Waals surface area (Å²) in [5, 5.41) is 120. The van der Waals surface area contributed by atoms with Crippen LogP contribution in [-0.2, 0) is 33.2 Å². The van der Waals surface area contributed by atoms with Crippen molar-refractivity contribution in [2.45, 2.75) is 279 Å². The molecule has 19 nitrogen and oxygen atoms in total. The lowest BCUT2D eigenvalue weighted by Gasteiger charge is -2.48. The third-order valence-electron chi connectivity index (χ3n) is 15.3. The summed E-state index contributed by atoms with van der Waals surface area (Å²) in [6, 6.07) is -0.996. The van der Waals surface area contributed by atoms with Crippen molar-refractivity contribution in [3.63, 3.8) is 0 Å². The second-order valence-corrected chi connectivity index (χ2v) is 22.5. The van der Waals surface area contributed by atoms with E-state index in [2.05, 4.69) is 116 Å². The highest BCUT2D eigenvalue weighted by Gasteiger charge is 2.53. The molecule has 3 aliphatic heterocycles. The number of carbonyl (C=O) groups is 1. The number of hydrogen-bond donors (Lipinski definition) is 12. The highest BCUT2D eigenvalue weighted by molar-refractivity contribution is 5.76. The summed E-state index contributed by atoms with van der Waals surface area (Å²) in [4.78, 5) is 13.3. The fraction of sp³-hybridized carbons (Fsp3) is 0.716. The second kappa shape index (κ2) is 48.3. The molecular weight excluding hydrogens is 1110 g/mol. The summed E-state index contributed by atoms with van der Waals surface area (Å²) in [5.41, 5.74) is 0. The summed E-state index contributed by atoms with van der Waals surface area (Å²) in [6.45, 7) is 1.47. The molecule has 3 aliphatic rings. The smallest absolute Gasteiger partial charge is 0.220 e. The molecule has 492 valence electrons. The Balaban J connectivity index is 1.35. The molecule has 3 fully saturated rings. The number of hydrogen-bond acceptors (Lipinski definition) is 18. The summed E-state index contributed by atoms with van der Waals surface area (Å²) >= 11 is 0. The minimum atomic E-state index is -1.98. The number of rotatable bonds is 46. The van der Waals surface area contributed by atoms with Crippen molar-refractivity contribution < 1.29 is 89.4 Å². The highest BCUT2D eigenvalue weighted by atomic mass is 16.8. The Hall–Kier alpha value is -3.55. The van der Waals surface area contributed by atoms with E-state index >= 15 is 0 Å². The Labute approximate surface area is 513 Å². The summed E-state index contributed by atoms with van der Waals surface area (Å²) < 4.78 is 34.1. The van der Waals surface area contributed by atoms with Gasteiger partial charge in [-0.3, -0.25) is 4.79 Å². The van der Waals surface area contributed by atoms with Gasteiger partial charge in [0.2, 0.25) is 5.91 Å². The molecule has 0 spiro atoms. The van der Waals surface area contributed by atoms with Crippen LogP contribution in [0.1, 0.15) is 174 Å². The van der Waals surface area contributed by atoms with Crippen molar-refractivity contribution >= 4 is 5.91 Å². The molecule has 3 saturated heterocycles. The van der Waals surface area contributed by atoms with E-state index in [4.69, 9.17) is 28.4 Å². The minimum absolute atomic E-state index is 0.224. The molecule has 3 rings (SSSR count). The van der Waals surface area contributed by atoms with E-state index in [1.165, 1.54) is 38.5 Å². The largest absolute Gasteiger partial charge is 0.394 e. The molecule has 0 saturated carbocycles. The van der Waals surface area contributed by atoms with Gasteiger partial charge in [-0.1, -0.05) is 194 Å². The van der Waals surface area contributed by atoms with Gasteiger partial charge in [0.25, 0.3) is 0 Å². The third-order valence-corrected chi connectivity index (χ3v) is 15.3. The van der Waals surface area contributed by atoms with Crippen LogP contribution in [0.2, 0.25) is 0 Å². The fourth-order valence-electron chi connectivity index (χ4n) is 10.1. The lowest BCUT2D eigenvalue weighted by atomic mass is 9.96. The van der Waals surface area contributed by atoms with E-state index in [1.54, 1.807) is 6.08 Å². The molecule has 19 heteroatoms. The molecule has 3 heterocycles. The van der Waals surface area contributed by atoms with E-state index < -0.39 is 124 Å². The summed E-state index contributed by atoms with van der Waals surface area (Å²) in [7, 11) is 0. The van der Waals surface area contributed by atoms with Crippen LogP contribution < -0.4 is 5.32 Å². The fourth-order valence-corrected chi connectivity index (χ4v) is 10.1. The van der Waals surface area contributed by atoms with E-state index in [-0.39, 0.29) is 18.9 Å². The molecule has 0 bridgehead atoms. The molecule has 17 atom stereocenters. The van der Waals surface area contributed by atoms with Crippen molar-refractivity contribution in [1.29, 1.82) is 0 Å². The second-order valence-electron chi connectivity index (χ2n) is 22.5. The van der Waals surface area contributed by atoms with E-state index in [0.717, 1.165) is 103 Å². The first-order chi connectivity index (χ1) is 41.8. The zero-order chi connectivity index (χ0) is 62.6. The molecular formula is C67H111NO18. The number of aliphatic hydroxyl groups is 11.